The van der Waals surface area contributed by atoms with Gasteiger partial charge in [0.05, 0.1) is 11.5 Å². The van der Waals surface area contributed by atoms with Gasteiger partial charge in [0, 0.05) is 0 Å². The van der Waals surface area contributed by atoms with Crippen molar-refractivity contribution in [2.24, 2.45) is 11.3 Å². The molecule has 24 heavy (non-hydrogen) atoms. The van der Waals surface area contributed by atoms with Crippen LogP contribution in [0.5, 0.6) is 0 Å². The molecule has 0 aromatic carbocycles. The van der Waals surface area contributed by atoms with Crippen LogP contribution in [-0.4, -0.2) is 44.3 Å². The lowest BCUT2D eigenvalue weighted by Crippen LogP contribution is -2.54. The fourth-order valence-corrected chi connectivity index (χ4v) is 3.69. The molecule has 0 aromatic heterocycles. The van der Waals surface area contributed by atoms with Crippen molar-refractivity contribution in [1.82, 2.24) is 0 Å². The topological polar surface area (TPSA) is 149 Å². The van der Waals surface area contributed by atoms with Crippen molar-refractivity contribution in [3.8, 4) is 0 Å². The van der Waals surface area contributed by atoms with Gasteiger partial charge in [0.1, 0.15) is 0 Å². The fraction of sp³-hybridized carbons (Fsp3) is 0.500. The van der Waals surface area contributed by atoms with Gasteiger partial charge in [-0.1, -0.05) is 6.08 Å². The zero-order chi connectivity index (χ0) is 18.1. The van der Waals surface area contributed by atoms with E-state index in [0.717, 1.165) is 12.8 Å². The third kappa shape index (κ3) is 2.57. The number of rotatable bonds is 5. The summed E-state index contributed by atoms with van der Waals surface area (Å²) in [6.07, 6.45) is 4.51. The first-order chi connectivity index (χ1) is 11.2. The Morgan fingerprint density at radius 1 is 0.958 bits per heavy atom. The maximum Gasteiger partial charge on any atom is 0.333 e. The average molecular weight is 338 g/mol. The first kappa shape index (κ1) is 17.7. The molecule has 0 spiro atoms. The van der Waals surface area contributed by atoms with Crippen LogP contribution >= 0.6 is 0 Å². The Balaban J connectivity index is 2.81. The summed E-state index contributed by atoms with van der Waals surface area (Å²) in [6, 6.07) is 0. The standard InChI is InChI=1S/C16H18O8/c17-12(18)10-7-6-9(8-4-2-1-3-5-8)11(13(19)20)16(10,14(21)22)15(23)24/h4,10H,1-3,5-7H2,(H,17,18)(H,19,20)(H,21,22)(H,23,24). The second kappa shape index (κ2) is 6.46. The van der Waals surface area contributed by atoms with Gasteiger partial charge in [0.15, 0.2) is 0 Å². The quantitative estimate of drug-likeness (QED) is 0.551. The normalized spacial score (nSPS) is 23.3. The molecule has 8 nitrogen and oxygen atoms in total. The van der Waals surface area contributed by atoms with E-state index in [0.29, 0.717) is 18.4 Å². The van der Waals surface area contributed by atoms with Crippen LogP contribution in [0.4, 0.5) is 0 Å². The largest absolute Gasteiger partial charge is 0.481 e. The zero-order valence-electron chi connectivity index (χ0n) is 12.8. The van der Waals surface area contributed by atoms with Gasteiger partial charge in [-0.15, -0.1) is 0 Å². The van der Waals surface area contributed by atoms with E-state index in [2.05, 4.69) is 0 Å². The molecule has 0 aliphatic heterocycles. The molecule has 1 atom stereocenters. The molecule has 0 heterocycles. The molecule has 0 bridgehead atoms. The molecule has 2 aliphatic rings. The van der Waals surface area contributed by atoms with E-state index in [1.807, 2.05) is 0 Å². The number of allylic oxidation sites excluding steroid dienone is 3. The van der Waals surface area contributed by atoms with E-state index in [4.69, 9.17) is 0 Å². The lowest BCUT2D eigenvalue weighted by Gasteiger charge is -2.37. The van der Waals surface area contributed by atoms with E-state index in [1.54, 1.807) is 6.08 Å². The summed E-state index contributed by atoms with van der Waals surface area (Å²) in [5, 5.41) is 38.0. The summed E-state index contributed by atoms with van der Waals surface area (Å²) >= 11 is 0. The summed E-state index contributed by atoms with van der Waals surface area (Å²) in [6.45, 7) is 0. The van der Waals surface area contributed by atoms with Crippen molar-refractivity contribution in [3.63, 3.8) is 0 Å². The maximum atomic E-state index is 11.8. The number of carboxylic acids is 4. The number of aliphatic carboxylic acids is 4. The number of hydrogen-bond donors (Lipinski definition) is 4. The summed E-state index contributed by atoms with van der Waals surface area (Å²) in [4.78, 5) is 46.9. The van der Waals surface area contributed by atoms with Crippen LogP contribution in [0.2, 0.25) is 0 Å². The second-order valence-corrected chi connectivity index (χ2v) is 5.98. The number of hydrogen-bond acceptors (Lipinski definition) is 4. The molecular formula is C16H18O8. The Labute approximate surface area is 137 Å². The summed E-state index contributed by atoms with van der Waals surface area (Å²) in [7, 11) is 0. The van der Waals surface area contributed by atoms with Crippen LogP contribution in [0.15, 0.2) is 22.8 Å². The molecule has 2 aliphatic carbocycles. The highest BCUT2D eigenvalue weighted by molar-refractivity contribution is 6.13. The second-order valence-electron chi connectivity index (χ2n) is 5.98. The predicted octanol–water partition coefficient (Wildman–Crippen LogP) is 1.52. The summed E-state index contributed by atoms with van der Waals surface area (Å²) in [5.74, 6) is -9.10. The molecule has 0 aromatic rings. The van der Waals surface area contributed by atoms with E-state index >= 15 is 0 Å². The third-order valence-corrected chi connectivity index (χ3v) is 4.77. The Kier molecular flexibility index (Phi) is 4.77. The van der Waals surface area contributed by atoms with Gasteiger partial charge in [-0.3, -0.25) is 14.4 Å². The van der Waals surface area contributed by atoms with Crippen molar-refractivity contribution in [2.45, 2.75) is 38.5 Å². The Hall–Kier alpha value is -2.64. The van der Waals surface area contributed by atoms with Gasteiger partial charge >= 0.3 is 23.9 Å². The van der Waals surface area contributed by atoms with Gasteiger partial charge < -0.3 is 20.4 Å². The Bertz CT molecular complexity index is 656. The fourth-order valence-electron chi connectivity index (χ4n) is 3.69. The molecule has 0 saturated carbocycles. The number of carboxylic acid groups (broad SMARTS) is 4. The van der Waals surface area contributed by atoms with Crippen LogP contribution in [0.1, 0.15) is 38.5 Å². The number of carbonyl (C=O) groups is 4. The predicted molar refractivity (Wildman–Crippen MR) is 79.3 cm³/mol. The summed E-state index contributed by atoms with van der Waals surface area (Å²) in [5.41, 5.74) is -3.04. The van der Waals surface area contributed by atoms with Gasteiger partial charge in [-0.05, 0) is 49.7 Å². The van der Waals surface area contributed by atoms with Crippen LogP contribution in [0.3, 0.4) is 0 Å². The van der Waals surface area contributed by atoms with Gasteiger partial charge in [-0.2, -0.15) is 0 Å². The van der Waals surface area contributed by atoms with Gasteiger partial charge in [0.2, 0.25) is 5.41 Å². The first-order valence-corrected chi connectivity index (χ1v) is 7.60. The lowest BCUT2D eigenvalue weighted by molar-refractivity contribution is -0.175. The van der Waals surface area contributed by atoms with E-state index in [9.17, 15) is 39.6 Å². The molecule has 0 fully saturated rings. The minimum atomic E-state index is -3.00. The van der Waals surface area contributed by atoms with Crippen LogP contribution in [0, 0.1) is 11.3 Å². The van der Waals surface area contributed by atoms with E-state index < -0.39 is 40.8 Å². The lowest BCUT2D eigenvalue weighted by atomic mass is 9.61. The SMILES string of the molecule is O=C(O)C1=C(C2=CCCCC2)CCC(C(=O)O)C1(C(=O)O)C(=O)O. The minimum Gasteiger partial charge on any atom is -0.481 e. The van der Waals surface area contributed by atoms with Crippen molar-refractivity contribution in [2.75, 3.05) is 0 Å². The molecule has 0 radical (unpaired) electrons. The van der Waals surface area contributed by atoms with E-state index in [1.165, 1.54) is 0 Å². The van der Waals surface area contributed by atoms with Gasteiger partial charge in [-0.25, -0.2) is 4.79 Å². The van der Waals surface area contributed by atoms with Gasteiger partial charge in [0.25, 0.3) is 0 Å². The van der Waals surface area contributed by atoms with E-state index in [-0.39, 0.29) is 18.4 Å². The Morgan fingerprint density at radius 2 is 1.58 bits per heavy atom. The molecule has 130 valence electrons. The molecule has 8 heteroatoms. The highest BCUT2D eigenvalue weighted by Crippen LogP contribution is 2.49. The molecule has 0 amide bonds. The maximum absolute atomic E-state index is 11.8. The highest BCUT2D eigenvalue weighted by atomic mass is 16.4. The third-order valence-electron chi connectivity index (χ3n) is 4.77. The molecular weight excluding hydrogens is 320 g/mol. The van der Waals surface area contributed by atoms with Crippen LogP contribution in [-0.2, 0) is 19.2 Å². The molecule has 2 rings (SSSR count). The van der Waals surface area contributed by atoms with Crippen molar-refractivity contribution in [1.29, 1.82) is 0 Å². The van der Waals surface area contributed by atoms with Crippen LogP contribution in [0.25, 0.3) is 0 Å². The van der Waals surface area contributed by atoms with Crippen molar-refractivity contribution >= 4 is 23.9 Å². The molecule has 1 unspecified atom stereocenters. The molecule has 0 saturated heterocycles. The zero-order valence-corrected chi connectivity index (χ0v) is 12.8. The minimum absolute atomic E-state index is 0.0345. The van der Waals surface area contributed by atoms with Crippen molar-refractivity contribution in [3.05, 3.63) is 22.8 Å². The average Bonchev–Trinajstić information content (AvgIpc) is 2.53. The Morgan fingerprint density at radius 3 is 2.00 bits per heavy atom. The smallest absolute Gasteiger partial charge is 0.333 e. The first-order valence-electron chi connectivity index (χ1n) is 7.60. The monoisotopic (exact) mass is 338 g/mol. The van der Waals surface area contributed by atoms with Crippen LogP contribution < -0.4 is 0 Å². The molecule has 4 N–H and O–H groups in total. The summed E-state index contributed by atoms with van der Waals surface area (Å²) < 4.78 is 0. The highest BCUT2D eigenvalue weighted by Gasteiger charge is 2.63. The van der Waals surface area contributed by atoms with Crippen molar-refractivity contribution < 1.29 is 39.6 Å².